The second-order valence-corrected chi connectivity index (χ2v) is 6.95. The minimum atomic E-state index is -3.75. The molecule has 126 valence electrons. The first kappa shape index (κ1) is 18.1. The topological polar surface area (TPSA) is 96.0 Å². The zero-order chi connectivity index (χ0) is 17.7. The van der Waals surface area contributed by atoms with Gasteiger partial charge < -0.3 is 5.32 Å². The van der Waals surface area contributed by atoms with E-state index in [9.17, 15) is 12.8 Å². The number of nitrogens with two attached hydrogens (primary N) is 1. The number of nitrogens with zero attached hydrogens (tertiary/aromatic N) is 1. The van der Waals surface area contributed by atoms with Crippen LogP contribution in [0.1, 0.15) is 36.1 Å². The summed E-state index contributed by atoms with van der Waals surface area (Å²) in [5.41, 5.74) is 1.57. The Labute approximate surface area is 141 Å². The number of hydrogen-bond donors (Lipinski definition) is 2. The summed E-state index contributed by atoms with van der Waals surface area (Å²) >= 11 is 0. The maximum Gasteiger partial charge on any atom is 0.238 e. The summed E-state index contributed by atoms with van der Waals surface area (Å²) in [7, 11) is -3.75. The normalized spacial score (nSPS) is 12.6. The van der Waals surface area contributed by atoms with Gasteiger partial charge in [0.1, 0.15) is 11.9 Å². The first-order valence-electron chi connectivity index (χ1n) is 7.39. The minimum Gasteiger partial charge on any atom is -0.306 e. The molecule has 0 unspecified atom stereocenters. The maximum atomic E-state index is 13.3. The number of benzene rings is 2. The van der Waals surface area contributed by atoms with Gasteiger partial charge in [0.25, 0.3) is 0 Å². The standard InChI is InChI=1S/C17H18FN3O2S/c1-2-17(13-4-3-5-15(9-13)24(20,22)23)21-11-12-6-7-16(18)14(8-12)10-19/h3-9,17,21H,2,11H2,1H3,(H2,20,22,23)/t17-/m1/s1. The van der Waals surface area contributed by atoms with Gasteiger partial charge in [-0.3, -0.25) is 0 Å². The molecule has 2 aromatic rings. The van der Waals surface area contributed by atoms with Gasteiger partial charge >= 0.3 is 0 Å². The fourth-order valence-corrected chi connectivity index (χ4v) is 2.98. The second kappa shape index (κ2) is 7.53. The Morgan fingerprint density at radius 1 is 1.29 bits per heavy atom. The molecule has 1 atom stereocenters. The summed E-state index contributed by atoms with van der Waals surface area (Å²) in [6.45, 7) is 2.39. The number of rotatable bonds is 6. The third-order valence-electron chi connectivity index (χ3n) is 3.70. The van der Waals surface area contributed by atoms with Crippen LogP contribution in [0, 0.1) is 17.1 Å². The zero-order valence-electron chi connectivity index (χ0n) is 13.2. The Hall–Kier alpha value is -2.27. The van der Waals surface area contributed by atoms with E-state index in [0.717, 1.165) is 17.5 Å². The lowest BCUT2D eigenvalue weighted by Gasteiger charge is -2.18. The monoisotopic (exact) mass is 347 g/mol. The molecule has 0 aliphatic carbocycles. The van der Waals surface area contributed by atoms with Gasteiger partial charge in [0.15, 0.2) is 0 Å². The predicted octanol–water partition coefficient (Wildman–Crippen LogP) is 2.59. The molecule has 0 aliphatic heterocycles. The summed E-state index contributed by atoms with van der Waals surface area (Å²) in [4.78, 5) is 0.0637. The van der Waals surface area contributed by atoms with Crippen molar-refractivity contribution in [2.75, 3.05) is 0 Å². The molecule has 0 bridgehead atoms. The molecule has 24 heavy (non-hydrogen) atoms. The lowest BCUT2D eigenvalue weighted by atomic mass is 10.0. The van der Waals surface area contributed by atoms with Crippen molar-refractivity contribution < 1.29 is 12.8 Å². The number of sulfonamides is 1. The van der Waals surface area contributed by atoms with Crippen molar-refractivity contribution in [3.63, 3.8) is 0 Å². The molecule has 0 spiro atoms. The number of hydrogen-bond acceptors (Lipinski definition) is 4. The van der Waals surface area contributed by atoms with Crippen LogP contribution in [0.2, 0.25) is 0 Å². The SMILES string of the molecule is CC[C@@H](NCc1ccc(F)c(C#N)c1)c1cccc(S(N)(=O)=O)c1. The minimum absolute atomic E-state index is 0.00132. The van der Waals surface area contributed by atoms with E-state index in [1.165, 1.54) is 18.2 Å². The van der Waals surface area contributed by atoms with Crippen molar-refractivity contribution in [2.24, 2.45) is 5.14 Å². The summed E-state index contributed by atoms with van der Waals surface area (Å²) in [6, 6.07) is 12.5. The van der Waals surface area contributed by atoms with Gasteiger partial charge in [-0.1, -0.05) is 25.1 Å². The number of halogens is 1. The molecular formula is C17H18FN3O2S. The molecule has 0 saturated carbocycles. The van der Waals surface area contributed by atoms with Crippen molar-refractivity contribution in [3.8, 4) is 6.07 Å². The van der Waals surface area contributed by atoms with Gasteiger partial charge in [-0.2, -0.15) is 5.26 Å². The average Bonchev–Trinajstić information content (AvgIpc) is 2.56. The third kappa shape index (κ3) is 4.38. The largest absolute Gasteiger partial charge is 0.306 e. The molecule has 2 rings (SSSR count). The Morgan fingerprint density at radius 3 is 2.67 bits per heavy atom. The van der Waals surface area contributed by atoms with Crippen molar-refractivity contribution in [2.45, 2.75) is 30.8 Å². The summed E-state index contributed by atoms with van der Waals surface area (Å²) < 4.78 is 36.3. The van der Waals surface area contributed by atoms with Crippen molar-refractivity contribution in [3.05, 3.63) is 65.0 Å². The van der Waals surface area contributed by atoms with E-state index in [1.807, 2.05) is 19.1 Å². The Balaban J connectivity index is 2.17. The van der Waals surface area contributed by atoms with Crippen LogP contribution in [-0.4, -0.2) is 8.42 Å². The highest BCUT2D eigenvalue weighted by atomic mass is 32.2. The number of nitriles is 1. The molecule has 3 N–H and O–H groups in total. The number of nitrogens with one attached hydrogen (secondary N) is 1. The molecule has 0 fully saturated rings. The van der Waals surface area contributed by atoms with Gasteiger partial charge in [-0.15, -0.1) is 0 Å². The molecular weight excluding hydrogens is 329 g/mol. The van der Waals surface area contributed by atoms with Crippen molar-refractivity contribution in [1.29, 1.82) is 5.26 Å². The van der Waals surface area contributed by atoms with Gasteiger partial charge in [0.05, 0.1) is 10.5 Å². The van der Waals surface area contributed by atoms with E-state index in [4.69, 9.17) is 10.4 Å². The van der Waals surface area contributed by atoms with E-state index in [-0.39, 0.29) is 16.5 Å². The molecule has 0 amide bonds. The lowest BCUT2D eigenvalue weighted by molar-refractivity contribution is 0.517. The fraction of sp³-hybridized carbons (Fsp3) is 0.235. The molecule has 7 heteroatoms. The van der Waals surface area contributed by atoms with Gasteiger partial charge in [-0.25, -0.2) is 17.9 Å². The van der Waals surface area contributed by atoms with Gasteiger partial charge in [0.2, 0.25) is 10.0 Å². The molecule has 5 nitrogen and oxygen atoms in total. The third-order valence-corrected chi connectivity index (χ3v) is 4.61. The summed E-state index contributed by atoms with van der Waals surface area (Å²) in [5.74, 6) is -0.547. The highest BCUT2D eigenvalue weighted by Crippen LogP contribution is 2.20. The predicted molar refractivity (Wildman–Crippen MR) is 88.8 cm³/mol. The van der Waals surface area contributed by atoms with E-state index < -0.39 is 15.8 Å². The van der Waals surface area contributed by atoms with Crippen molar-refractivity contribution >= 4 is 10.0 Å². The smallest absolute Gasteiger partial charge is 0.238 e. The zero-order valence-corrected chi connectivity index (χ0v) is 14.0. The van der Waals surface area contributed by atoms with Crippen molar-refractivity contribution in [1.82, 2.24) is 5.32 Å². The second-order valence-electron chi connectivity index (χ2n) is 5.39. The van der Waals surface area contributed by atoms with E-state index in [2.05, 4.69) is 5.32 Å². The van der Waals surface area contributed by atoms with Gasteiger partial charge in [0, 0.05) is 12.6 Å². The highest BCUT2D eigenvalue weighted by molar-refractivity contribution is 7.89. The number of primary sulfonamides is 1. The lowest BCUT2D eigenvalue weighted by Crippen LogP contribution is -2.21. The molecule has 2 aromatic carbocycles. The summed E-state index contributed by atoms with van der Waals surface area (Å²) in [6.07, 6.45) is 0.723. The van der Waals surface area contributed by atoms with Crippen LogP contribution >= 0.6 is 0 Å². The Morgan fingerprint density at radius 2 is 2.04 bits per heavy atom. The fourth-order valence-electron chi connectivity index (χ4n) is 2.42. The van der Waals surface area contributed by atoms with Gasteiger partial charge in [-0.05, 0) is 41.8 Å². The first-order valence-corrected chi connectivity index (χ1v) is 8.94. The quantitative estimate of drug-likeness (QED) is 0.839. The maximum absolute atomic E-state index is 13.3. The van der Waals surface area contributed by atoms with Crippen LogP contribution in [0.4, 0.5) is 4.39 Å². The Bertz CT molecular complexity index is 876. The average molecular weight is 347 g/mol. The first-order chi connectivity index (χ1) is 11.3. The van der Waals surface area contributed by atoms with Crippen LogP contribution in [0.25, 0.3) is 0 Å². The van der Waals surface area contributed by atoms with Crippen LogP contribution < -0.4 is 10.5 Å². The van der Waals surface area contributed by atoms with Crippen LogP contribution in [-0.2, 0) is 16.6 Å². The van der Waals surface area contributed by atoms with E-state index in [0.29, 0.717) is 6.54 Å². The molecule has 0 saturated heterocycles. The molecule has 0 aromatic heterocycles. The van der Waals surface area contributed by atoms with Crippen LogP contribution in [0.3, 0.4) is 0 Å². The summed E-state index contributed by atoms with van der Waals surface area (Å²) in [5, 5.41) is 17.3. The molecule has 0 aliphatic rings. The van der Waals surface area contributed by atoms with E-state index >= 15 is 0 Å². The highest BCUT2D eigenvalue weighted by Gasteiger charge is 2.13. The van der Waals surface area contributed by atoms with Crippen LogP contribution in [0.5, 0.6) is 0 Å². The molecule has 0 radical (unpaired) electrons. The van der Waals surface area contributed by atoms with Crippen LogP contribution in [0.15, 0.2) is 47.4 Å². The van der Waals surface area contributed by atoms with E-state index in [1.54, 1.807) is 18.2 Å². The Kier molecular flexibility index (Phi) is 5.67. The molecule has 0 heterocycles.